The van der Waals surface area contributed by atoms with Gasteiger partial charge in [0.05, 0.1) is 0 Å². The van der Waals surface area contributed by atoms with Crippen molar-refractivity contribution in [3.05, 3.63) is 0 Å². The van der Waals surface area contributed by atoms with Crippen LogP contribution in [0.5, 0.6) is 0 Å². The SMILES string of the molecule is CN1CC2(CCN(C(=O)CCl)C2)C1. The third kappa shape index (κ3) is 1.55. The molecule has 3 nitrogen and oxygen atoms in total. The summed E-state index contributed by atoms with van der Waals surface area (Å²) in [5.74, 6) is 0.222. The van der Waals surface area contributed by atoms with Crippen molar-refractivity contribution in [2.24, 2.45) is 5.41 Å². The molecule has 0 saturated carbocycles. The Bertz CT molecular complexity index is 226. The third-order valence-electron chi connectivity index (χ3n) is 3.12. The van der Waals surface area contributed by atoms with Gasteiger partial charge in [-0.3, -0.25) is 4.79 Å². The Morgan fingerprint density at radius 1 is 1.46 bits per heavy atom. The van der Waals surface area contributed by atoms with Gasteiger partial charge in [0.25, 0.3) is 0 Å². The number of rotatable bonds is 1. The Morgan fingerprint density at radius 3 is 2.69 bits per heavy atom. The first-order chi connectivity index (χ1) is 6.15. The van der Waals surface area contributed by atoms with Crippen LogP contribution in [0.25, 0.3) is 0 Å². The molecule has 0 N–H and O–H groups in total. The highest BCUT2D eigenvalue weighted by molar-refractivity contribution is 6.27. The Hall–Kier alpha value is -0.280. The lowest BCUT2D eigenvalue weighted by molar-refractivity contribution is -0.128. The van der Waals surface area contributed by atoms with Crippen LogP contribution in [-0.4, -0.2) is 54.8 Å². The number of carbonyl (C=O) groups excluding carboxylic acids is 1. The van der Waals surface area contributed by atoms with E-state index >= 15 is 0 Å². The van der Waals surface area contributed by atoms with Gasteiger partial charge in [0.15, 0.2) is 0 Å². The summed E-state index contributed by atoms with van der Waals surface area (Å²) in [6, 6.07) is 0. The summed E-state index contributed by atoms with van der Waals surface area (Å²) >= 11 is 5.51. The number of hydrogen-bond donors (Lipinski definition) is 0. The fourth-order valence-electron chi connectivity index (χ4n) is 2.59. The molecule has 0 atom stereocenters. The van der Waals surface area contributed by atoms with E-state index in [4.69, 9.17) is 11.6 Å². The summed E-state index contributed by atoms with van der Waals surface area (Å²) < 4.78 is 0. The molecule has 0 aromatic rings. The summed E-state index contributed by atoms with van der Waals surface area (Å²) in [6.45, 7) is 4.10. The molecule has 2 rings (SSSR count). The molecule has 2 fully saturated rings. The molecule has 1 spiro atoms. The van der Waals surface area contributed by atoms with Crippen LogP contribution in [0, 0.1) is 5.41 Å². The van der Waals surface area contributed by atoms with Crippen LogP contribution >= 0.6 is 11.6 Å². The molecule has 74 valence electrons. The second kappa shape index (κ2) is 3.14. The lowest BCUT2D eigenvalue weighted by Crippen LogP contribution is -2.55. The molecular weight excluding hydrogens is 188 g/mol. The van der Waals surface area contributed by atoms with E-state index < -0.39 is 0 Å². The van der Waals surface area contributed by atoms with Gasteiger partial charge in [-0.25, -0.2) is 0 Å². The van der Waals surface area contributed by atoms with Crippen LogP contribution in [0.4, 0.5) is 0 Å². The smallest absolute Gasteiger partial charge is 0.237 e. The zero-order valence-corrected chi connectivity index (χ0v) is 8.68. The van der Waals surface area contributed by atoms with Crippen molar-refractivity contribution in [3.8, 4) is 0 Å². The quantitative estimate of drug-likeness (QED) is 0.575. The van der Waals surface area contributed by atoms with Gasteiger partial charge in [0.1, 0.15) is 5.88 Å². The number of alkyl halides is 1. The number of hydrogen-bond acceptors (Lipinski definition) is 2. The maximum absolute atomic E-state index is 11.3. The zero-order chi connectivity index (χ0) is 9.47. The van der Waals surface area contributed by atoms with Crippen molar-refractivity contribution in [1.82, 2.24) is 9.80 Å². The Balaban J connectivity index is 1.91. The fourth-order valence-corrected chi connectivity index (χ4v) is 2.76. The number of halogens is 1. The maximum Gasteiger partial charge on any atom is 0.237 e. The summed E-state index contributed by atoms with van der Waals surface area (Å²) in [7, 11) is 2.12. The van der Waals surface area contributed by atoms with Crippen LogP contribution in [0.15, 0.2) is 0 Å². The van der Waals surface area contributed by atoms with Crippen LogP contribution in [0.3, 0.4) is 0 Å². The van der Waals surface area contributed by atoms with Crippen LogP contribution in [0.1, 0.15) is 6.42 Å². The Kier molecular flexibility index (Phi) is 2.24. The van der Waals surface area contributed by atoms with Gasteiger partial charge >= 0.3 is 0 Å². The molecule has 0 aliphatic carbocycles. The number of amides is 1. The average Bonchev–Trinajstić information content (AvgIpc) is 2.47. The molecule has 0 radical (unpaired) electrons. The summed E-state index contributed by atoms with van der Waals surface area (Å²) in [5, 5.41) is 0. The minimum Gasteiger partial charge on any atom is -0.341 e. The largest absolute Gasteiger partial charge is 0.341 e. The molecule has 1 amide bonds. The van der Waals surface area contributed by atoms with E-state index in [1.165, 1.54) is 0 Å². The highest BCUT2D eigenvalue weighted by Crippen LogP contribution is 2.38. The normalized spacial score (nSPS) is 26.5. The predicted molar refractivity (Wildman–Crippen MR) is 51.8 cm³/mol. The van der Waals surface area contributed by atoms with E-state index in [1.807, 2.05) is 4.90 Å². The van der Waals surface area contributed by atoms with Crippen molar-refractivity contribution < 1.29 is 4.79 Å². The molecule has 0 aromatic heterocycles. The molecule has 2 aliphatic rings. The number of likely N-dealkylation sites (tertiary alicyclic amines) is 2. The van der Waals surface area contributed by atoms with E-state index in [9.17, 15) is 4.79 Å². The molecule has 2 heterocycles. The van der Waals surface area contributed by atoms with E-state index in [0.29, 0.717) is 5.41 Å². The van der Waals surface area contributed by atoms with E-state index in [2.05, 4.69) is 11.9 Å². The van der Waals surface area contributed by atoms with Gasteiger partial charge in [-0.05, 0) is 13.5 Å². The van der Waals surface area contributed by atoms with Gasteiger partial charge in [0, 0.05) is 31.6 Å². The van der Waals surface area contributed by atoms with Crippen LogP contribution in [0.2, 0.25) is 0 Å². The molecule has 2 saturated heterocycles. The molecule has 0 aromatic carbocycles. The maximum atomic E-state index is 11.3. The van der Waals surface area contributed by atoms with Gasteiger partial charge in [-0.2, -0.15) is 0 Å². The van der Waals surface area contributed by atoms with E-state index in [0.717, 1.165) is 32.6 Å². The van der Waals surface area contributed by atoms with Crippen LogP contribution < -0.4 is 0 Å². The van der Waals surface area contributed by atoms with Gasteiger partial charge in [-0.1, -0.05) is 0 Å². The van der Waals surface area contributed by atoms with E-state index in [1.54, 1.807) is 0 Å². The highest BCUT2D eigenvalue weighted by Gasteiger charge is 2.46. The minimum atomic E-state index is 0.0908. The summed E-state index contributed by atoms with van der Waals surface area (Å²) in [5.41, 5.74) is 0.413. The van der Waals surface area contributed by atoms with Crippen LogP contribution in [-0.2, 0) is 4.79 Å². The zero-order valence-electron chi connectivity index (χ0n) is 7.92. The molecule has 13 heavy (non-hydrogen) atoms. The van der Waals surface area contributed by atoms with Gasteiger partial charge in [0.2, 0.25) is 5.91 Å². The van der Waals surface area contributed by atoms with Crippen molar-refractivity contribution in [2.45, 2.75) is 6.42 Å². The number of carbonyl (C=O) groups is 1. The second-order valence-corrected chi connectivity index (χ2v) is 4.64. The first-order valence-corrected chi connectivity index (χ1v) is 5.21. The van der Waals surface area contributed by atoms with Crippen molar-refractivity contribution in [3.63, 3.8) is 0 Å². The molecule has 4 heteroatoms. The standard InChI is InChI=1S/C9H15ClN2O/c1-11-5-9(6-11)2-3-12(7-9)8(13)4-10/h2-7H2,1H3. The predicted octanol–water partition coefficient (Wildman–Crippen LogP) is 0.389. The molecule has 0 bridgehead atoms. The first kappa shape index (κ1) is 9.28. The molecule has 2 aliphatic heterocycles. The Morgan fingerprint density at radius 2 is 2.15 bits per heavy atom. The average molecular weight is 203 g/mol. The molecular formula is C9H15ClN2O. The highest BCUT2D eigenvalue weighted by atomic mass is 35.5. The van der Waals surface area contributed by atoms with E-state index in [-0.39, 0.29) is 11.8 Å². The topological polar surface area (TPSA) is 23.6 Å². The monoisotopic (exact) mass is 202 g/mol. The van der Waals surface area contributed by atoms with Crippen molar-refractivity contribution >= 4 is 17.5 Å². The third-order valence-corrected chi connectivity index (χ3v) is 3.34. The molecule has 0 unspecified atom stereocenters. The lowest BCUT2D eigenvalue weighted by Gasteiger charge is -2.46. The van der Waals surface area contributed by atoms with Crippen molar-refractivity contribution in [2.75, 3.05) is 39.1 Å². The second-order valence-electron chi connectivity index (χ2n) is 4.37. The van der Waals surface area contributed by atoms with Gasteiger partial charge in [-0.15, -0.1) is 11.6 Å². The van der Waals surface area contributed by atoms with Crippen molar-refractivity contribution in [1.29, 1.82) is 0 Å². The first-order valence-electron chi connectivity index (χ1n) is 4.67. The Labute approximate surface area is 83.6 Å². The van der Waals surface area contributed by atoms with Gasteiger partial charge < -0.3 is 9.80 Å². The lowest BCUT2D eigenvalue weighted by atomic mass is 9.79. The summed E-state index contributed by atoms with van der Waals surface area (Å²) in [6.07, 6.45) is 1.15. The minimum absolute atomic E-state index is 0.0908. The summed E-state index contributed by atoms with van der Waals surface area (Å²) in [4.78, 5) is 15.5. The number of nitrogens with zero attached hydrogens (tertiary/aromatic N) is 2. The fraction of sp³-hybridized carbons (Fsp3) is 0.889.